The zero-order valence-electron chi connectivity index (χ0n) is 7.48. The lowest BCUT2D eigenvalue weighted by Crippen LogP contribution is -2.49. The second kappa shape index (κ2) is 1.56. The highest BCUT2D eigenvalue weighted by Gasteiger charge is 2.82. The van der Waals surface area contributed by atoms with Crippen LogP contribution in [0.4, 0.5) is 0 Å². The fourth-order valence-corrected chi connectivity index (χ4v) is 5.82. The first-order chi connectivity index (χ1) is 5.45. The Labute approximate surface area is 81.0 Å². The van der Waals surface area contributed by atoms with Gasteiger partial charge in [0.25, 0.3) is 0 Å². The first kappa shape index (κ1) is 7.54. The maximum absolute atomic E-state index is 12.0. The number of alkyl halides is 1. The molecule has 4 bridgehead atoms. The van der Waals surface area contributed by atoms with Gasteiger partial charge in [-0.2, -0.15) is 0 Å². The van der Waals surface area contributed by atoms with Crippen molar-refractivity contribution in [3.05, 3.63) is 0 Å². The van der Waals surface area contributed by atoms with Crippen LogP contribution in [0.5, 0.6) is 0 Å². The zero-order valence-corrected chi connectivity index (χ0v) is 9.07. The van der Waals surface area contributed by atoms with Gasteiger partial charge in [0.05, 0.1) is 4.32 Å². The van der Waals surface area contributed by atoms with Gasteiger partial charge < -0.3 is 0 Å². The Morgan fingerprint density at radius 1 is 1.50 bits per heavy atom. The highest BCUT2D eigenvalue weighted by molar-refractivity contribution is 9.10. The van der Waals surface area contributed by atoms with Gasteiger partial charge in [0.2, 0.25) is 0 Å². The summed E-state index contributed by atoms with van der Waals surface area (Å²) in [4.78, 5) is 12.0. The minimum Gasteiger partial charge on any atom is -0.297 e. The van der Waals surface area contributed by atoms with Crippen molar-refractivity contribution < 1.29 is 4.79 Å². The summed E-state index contributed by atoms with van der Waals surface area (Å²) in [5.41, 5.74) is 0.356. The van der Waals surface area contributed by atoms with Crippen LogP contribution >= 0.6 is 15.9 Å². The van der Waals surface area contributed by atoms with Crippen molar-refractivity contribution in [1.82, 2.24) is 0 Å². The molecule has 66 valence electrons. The van der Waals surface area contributed by atoms with E-state index in [0.29, 0.717) is 17.1 Å². The molecule has 2 heteroatoms. The summed E-state index contributed by atoms with van der Waals surface area (Å²) in [7, 11) is 0. The molecule has 0 aromatic rings. The average Bonchev–Trinajstić information content (AvgIpc) is 2.30. The smallest absolute Gasteiger partial charge is 0.156 e. The molecule has 0 N–H and O–H groups in total. The van der Waals surface area contributed by atoms with E-state index in [1.165, 1.54) is 6.42 Å². The van der Waals surface area contributed by atoms with Gasteiger partial charge in [-0.25, -0.2) is 0 Å². The van der Waals surface area contributed by atoms with Crippen molar-refractivity contribution in [3.63, 3.8) is 0 Å². The van der Waals surface area contributed by atoms with Gasteiger partial charge >= 0.3 is 0 Å². The lowest BCUT2D eigenvalue weighted by atomic mass is 9.60. The monoisotopic (exact) mass is 228 g/mol. The summed E-state index contributed by atoms with van der Waals surface area (Å²) in [5, 5.41) is 0. The Bertz CT molecular complexity index is 300. The number of hydrogen-bond acceptors (Lipinski definition) is 1. The van der Waals surface area contributed by atoms with Crippen LogP contribution in [0.1, 0.15) is 33.1 Å². The fourth-order valence-electron chi connectivity index (χ4n) is 4.07. The molecular formula is C10H13BrO. The van der Waals surface area contributed by atoms with Crippen molar-refractivity contribution in [2.24, 2.45) is 16.7 Å². The minimum atomic E-state index is -0.0885. The summed E-state index contributed by atoms with van der Waals surface area (Å²) in [6.07, 6.45) is 3.46. The molecule has 0 amide bonds. The first-order valence-electron chi connectivity index (χ1n) is 4.69. The van der Waals surface area contributed by atoms with E-state index in [-0.39, 0.29) is 9.74 Å². The number of rotatable bonds is 0. The lowest BCUT2D eigenvalue weighted by molar-refractivity contribution is -0.126. The van der Waals surface area contributed by atoms with Gasteiger partial charge in [0, 0.05) is 5.41 Å². The number of Topliss-reactive ketones (excluding diaryl/α,β-unsaturated/α-hetero) is 1. The molecule has 0 spiro atoms. The predicted octanol–water partition coefficient (Wildman–Crippen LogP) is 2.53. The van der Waals surface area contributed by atoms with Crippen LogP contribution in [0.2, 0.25) is 0 Å². The number of carbonyl (C=O) groups is 1. The van der Waals surface area contributed by atoms with Crippen molar-refractivity contribution in [2.75, 3.05) is 0 Å². The summed E-state index contributed by atoms with van der Waals surface area (Å²) in [5.74, 6) is 1.14. The quantitative estimate of drug-likeness (QED) is 0.583. The van der Waals surface area contributed by atoms with Gasteiger partial charge in [0.1, 0.15) is 0 Å². The molecule has 0 aliphatic heterocycles. The third kappa shape index (κ3) is 0.417. The van der Waals surface area contributed by atoms with Gasteiger partial charge in [-0.3, -0.25) is 4.79 Å². The predicted molar refractivity (Wildman–Crippen MR) is 50.2 cm³/mol. The van der Waals surface area contributed by atoms with Gasteiger partial charge in [-0.1, -0.05) is 29.8 Å². The van der Waals surface area contributed by atoms with Crippen molar-refractivity contribution in [2.45, 2.75) is 37.4 Å². The second-order valence-electron chi connectivity index (χ2n) is 5.21. The molecule has 0 radical (unpaired) electrons. The Hall–Kier alpha value is 0.150. The van der Waals surface area contributed by atoms with E-state index in [2.05, 4.69) is 29.8 Å². The molecule has 4 atom stereocenters. The maximum Gasteiger partial charge on any atom is 0.156 e. The third-order valence-electron chi connectivity index (χ3n) is 5.02. The summed E-state index contributed by atoms with van der Waals surface area (Å²) in [6, 6.07) is 0. The topological polar surface area (TPSA) is 17.1 Å². The van der Waals surface area contributed by atoms with Crippen LogP contribution in [0.3, 0.4) is 0 Å². The molecule has 0 aromatic heterocycles. The normalized spacial score (nSPS) is 66.9. The SMILES string of the molecule is C[C@@]12CC[C@H]3[C@@](Br)(C[C@@]31C)C2=O. The Kier molecular flexibility index (Phi) is 0.980. The van der Waals surface area contributed by atoms with E-state index in [9.17, 15) is 4.79 Å². The Morgan fingerprint density at radius 2 is 2.17 bits per heavy atom. The molecule has 4 rings (SSSR count). The number of halogens is 1. The number of ketones is 1. The van der Waals surface area contributed by atoms with Gasteiger partial charge in [-0.15, -0.1) is 0 Å². The molecular weight excluding hydrogens is 216 g/mol. The number of hydrogen-bond donors (Lipinski definition) is 0. The van der Waals surface area contributed by atoms with E-state index in [0.717, 1.165) is 12.8 Å². The van der Waals surface area contributed by atoms with Crippen LogP contribution in [0.25, 0.3) is 0 Å². The highest BCUT2D eigenvalue weighted by atomic mass is 79.9. The molecule has 0 aromatic carbocycles. The Morgan fingerprint density at radius 3 is 2.50 bits per heavy atom. The van der Waals surface area contributed by atoms with Crippen molar-refractivity contribution >= 4 is 21.7 Å². The molecule has 4 fully saturated rings. The molecule has 12 heavy (non-hydrogen) atoms. The highest BCUT2D eigenvalue weighted by Crippen LogP contribution is 2.81. The molecule has 4 aliphatic carbocycles. The first-order valence-corrected chi connectivity index (χ1v) is 5.48. The summed E-state index contributed by atoms with van der Waals surface area (Å²) < 4.78 is -0.0885. The van der Waals surface area contributed by atoms with E-state index in [1.54, 1.807) is 0 Å². The maximum atomic E-state index is 12.0. The summed E-state index contributed by atoms with van der Waals surface area (Å²) >= 11 is 3.65. The Balaban J connectivity index is 2.24. The van der Waals surface area contributed by atoms with Crippen LogP contribution in [-0.4, -0.2) is 10.1 Å². The summed E-state index contributed by atoms with van der Waals surface area (Å²) in [6.45, 7) is 4.47. The standard InChI is InChI=1S/C10H13BrO/c1-8-4-3-6-9(8,2)5-10(6,11)7(8)12/h6H,3-5H2,1-2H3/t6-,8+,9+,10+/m1/s1. The lowest BCUT2D eigenvalue weighted by Gasteiger charge is -2.48. The third-order valence-corrected chi connectivity index (χ3v) is 6.21. The molecule has 1 nitrogen and oxygen atoms in total. The largest absolute Gasteiger partial charge is 0.297 e. The molecule has 0 unspecified atom stereocenters. The van der Waals surface area contributed by atoms with Crippen molar-refractivity contribution in [3.8, 4) is 0 Å². The molecule has 0 heterocycles. The van der Waals surface area contributed by atoms with E-state index < -0.39 is 0 Å². The molecule has 0 saturated heterocycles. The van der Waals surface area contributed by atoms with E-state index in [1.807, 2.05) is 0 Å². The average molecular weight is 229 g/mol. The number of carbonyl (C=O) groups excluding carboxylic acids is 1. The van der Waals surface area contributed by atoms with Crippen LogP contribution in [-0.2, 0) is 4.79 Å². The second-order valence-corrected chi connectivity index (χ2v) is 6.62. The van der Waals surface area contributed by atoms with Crippen LogP contribution < -0.4 is 0 Å². The van der Waals surface area contributed by atoms with Gasteiger partial charge in [0.15, 0.2) is 5.78 Å². The van der Waals surface area contributed by atoms with Crippen LogP contribution in [0.15, 0.2) is 0 Å². The minimum absolute atomic E-state index is 0.0150. The van der Waals surface area contributed by atoms with Crippen molar-refractivity contribution in [1.29, 1.82) is 0 Å². The zero-order chi connectivity index (χ0) is 8.78. The van der Waals surface area contributed by atoms with E-state index >= 15 is 0 Å². The molecule has 4 aliphatic rings. The molecule has 4 saturated carbocycles. The van der Waals surface area contributed by atoms with E-state index in [4.69, 9.17) is 0 Å². The van der Waals surface area contributed by atoms with Gasteiger partial charge in [-0.05, 0) is 30.6 Å². The fraction of sp³-hybridized carbons (Fsp3) is 0.900. The van der Waals surface area contributed by atoms with Crippen LogP contribution in [0, 0.1) is 16.7 Å².